The molecule has 39 heavy (non-hydrogen) atoms. The number of aromatic nitrogens is 2. The molecule has 4 aromatic rings. The van der Waals surface area contributed by atoms with Gasteiger partial charge in [0, 0.05) is 5.56 Å². The van der Waals surface area contributed by atoms with E-state index in [1.807, 2.05) is 0 Å². The summed E-state index contributed by atoms with van der Waals surface area (Å²) in [7, 11) is 3.75. The Bertz CT molecular complexity index is 1500. The van der Waals surface area contributed by atoms with Gasteiger partial charge >= 0.3 is 18.1 Å². The van der Waals surface area contributed by atoms with Crippen molar-refractivity contribution in [2.75, 3.05) is 21.3 Å². The number of hydrogen-bond acceptors (Lipinski definition) is 7. The topological polar surface area (TPSA) is 88.9 Å². The van der Waals surface area contributed by atoms with Gasteiger partial charge in [0.05, 0.1) is 32.6 Å². The summed E-state index contributed by atoms with van der Waals surface area (Å²) < 4.78 is 61.5. The first-order valence-electron chi connectivity index (χ1n) is 11.5. The van der Waals surface area contributed by atoms with E-state index in [1.54, 1.807) is 36.4 Å². The van der Waals surface area contributed by atoms with Crippen LogP contribution in [0.4, 0.5) is 13.2 Å². The Balaban J connectivity index is 1.75. The second-order valence-electron chi connectivity index (χ2n) is 8.16. The van der Waals surface area contributed by atoms with Crippen LogP contribution in [0.2, 0.25) is 0 Å². The molecule has 0 aliphatic carbocycles. The Labute approximate surface area is 221 Å². The molecule has 0 fully saturated rings. The molecule has 202 valence electrons. The van der Waals surface area contributed by atoms with E-state index in [4.69, 9.17) is 18.9 Å². The van der Waals surface area contributed by atoms with Crippen molar-refractivity contribution in [3.63, 3.8) is 0 Å². The van der Waals surface area contributed by atoms with Gasteiger partial charge in [0.25, 0.3) is 0 Å². The fourth-order valence-corrected chi connectivity index (χ4v) is 3.89. The molecule has 1 heterocycles. The molecule has 0 atom stereocenters. The van der Waals surface area contributed by atoms with E-state index in [-0.39, 0.29) is 35.1 Å². The van der Waals surface area contributed by atoms with Crippen LogP contribution >= 0.6 is 0 Å². The lowest BCUT2D eigenvalue weighted by Crippen LogP contribution is -2.15. The number of carbonyl (C=O) groups is 2. The number of ether oxygens (including phenoxy) is 4. The van der Waals surface area contributed by atoms with Crippen molar-refractivity contribution in [3.8, 4) is 28.4 Å². The van der Waals surface area contributed by atoms with E-state index in [9.17, 15) is 22.8 Å². The zero-order valence-corrected chi connectivity index (χ0v) is 21.1. The summed E-state index contributed by atoms with van der Waals surface area (Å²) in [5.74, 6) is -1.14. The average Bonchev–Trinajstić information content (AvgIpc) is 3.36. The van der Waals surface area contributed by atoms with Gasteiger partial charge in [-0.1, -0.05) is 30.3 Å². The highest BCUT2D eigenvalue weighted by atomic mass is 19.4. The quantitative estimate of drug-likeness (QED) is 0.264. The first kappa shape index (κ1) is 27.2. The molecule has 0 unspecified atom stereocenters. The minimum Gasteiger partial charge on any atom is -0.493 e. The molecule has 8 nitrogen and oxygen atoms in total. The van der Waals surface area contributed by atoms with Crippen LogP contribution in [0, 0.1) is 0 Å². The number of rotatable bonds is 8. The average molecular weight is 540 g/mol. The SMILES string of the molecule is COC(=O)c1c(-c2ccc(OCc3cccc(C(F)(F)F)c3)c(OC)c2)nn(-c2ccccc2)c1C(=O)OC. The molecule has 4 rings (SSSR count). The zero-order valence-electron chi connectivity index (χ0n) is 21.1. The fraction of sp³-hybridized carbons (Fsp3) is 0.179. The molecule has 0 aliphatic heterocycles. The van der Waals surface area contributed by atoms with Gasteiger partial charge in [-0.3, -0.25) is 0 Å². The van der Waals surface area contributed by atoms with Crippen LogP contribution in [-0.2, 0) is 22.3 Å². The highest BCUT2D eigenvalue weighted by Gasteiger charge is 2.32. The van der Waals surface area contributed by atoms with Gasteiger partial charge in [0.1, 0.15) is 17.9 Å². The van der Waals surface area contributed by atoms with Crippen molar-refractivity contribution < 1.29 is 41.7 Å². The fourth-order valence-electron chi connectivity index (χ4n) is 3.89. The Morgan fingerprint density at radius 3 is 2.21 bits per heavy atom. The minimum atomic E-state index is -4.47. The van der Waals surface area contributed by atoms with Crippen LogP contribution in [0.3, 0.4) is 0 Å². The third-order valence-corrected chi connectivity index (χ3v) is 5.74. The van der Waals surface area contributed by atoms with Crippen LogP contribution in [0.25, 0.3) is 16.9 Å². The summed E-state index contributed by atoms with van der Waals surface area (Å²) in [4.78, 5) is 25.6. The van der Waals surface area contributed by atoms with Crippen LogP contribution in [-0.4, -0.2) is 43.0 Å². The molecule has 0 spiro atoms. The van der Waals surface area contributed by atoms with E-state index in [1.165, 1.54) is 50.3 Å². The number of hydrogen-bond donors (Lipinski definition) is 0. The largest absolute Gasteiger partial charge is 0.493 e. The molecule has 0 amide bonds. The number of halogens is 3. The predicted octanol–water partition coefficient (Wildman–Crippen LogP) is 5.72. The Kier molecular flexibility index (Phi) is 7.89. The number of alkyl halides is 3. The number of nitrogens with zero attached hydrogens (tertiary/aromatic N) is 2. The molecule has 0 N–H and O–H groups in total. The van der Waals surface area contributed by atoms with Crippen molar-refractivity contribution in [1.82, 2.24) is 9.78 Å². The van der Waals surface area contributed by atoms with E-state index in [0.717, 1.165) is 12.1 Å². The molecule has 0 aliphatic rings. The van der Waals surface area contributed by atoms with Crippen LogP contribution in [0.1, 0.15) is 32.0 Å². The van der Waals surface area contributed by atoms with Gasteiger partial charge in [-0.2, -0.15) is 18.3 Å². The predicted molar refractivity (Wildman–Crippen MR) is 134 cm³/mol. The highest BCUT2D eigenvalue weighted by molar-refractivity contribution is 6.06. The van der Waals surface area contributed by atoms with E-state index in [0.29, 0.717) is 16.8 Å². The Morgan fingerprint density at radius 1 is 0.846 bits per heavy atom. The van der Waals surface area contributed by atoms with Gasteiger partial charge in [-0.15, -0.1) is 0 Å². The molecule has 0 saturated carbocycles. The molecule has 0 saturated heterocycles. The van der Waals surface area contributed by atoms with Gasteiger partial charge in [0.2, 0.25) is 0 Å². The van der Waals surface area contributed by atoms with Crippen molar-refractivity contribution in [3.05, 3.63) is 95.2 Å². The van der Waals surface area contributed by atoms with Crippen molar-refractivity contribution >= 4 is 11.9 Å². The second kappa shape index (κ2) is 11.3. The van der Waals surface area contributed by atoms with Gasteiger partial charge < -0.3 is 18.9 Å². The van der Waals surface area contributed by atoms with Crippen LogP contribution < -0.4 is 9.47 Å². The lowest BCUT2D eigenvalue weighted by Gasteiger charge is -2.13. The summed E-state index contributed by atoms with van der Waals surface area (Å²) in [5, 5.41) is 4.53. The van der Waals surface area contributed by atoms with E-state index in [2.05, 4.69) is 5.10 Å². The van der Waals surface area contributed by atoms with Crippen LogP contribution in [0.5, 0.6) is 11.5 Å². The number of benzene rings is 3. The summed E-state index contributed by atoms with van der Waals surface area (Å²) in [6.07, 6.45) is -4.47. The standard InChI is InChI=1S/C28H23F3N2O6/c1-36-22-15-18(12-13-21(22)39-16-17-8-7-9-19(14-17)28(29,30)31)24-23(26(34)37-2)25(27(35)38-3)33(32-24)20-10-5-4-6-11-20/h4-15H,16H2,1-3H3. The van der Waals surface area contributed by atoms with E-state index >= 15 is 0 Å². The molecular weight excluding hydrogens is 517 g/mol. The van der Waals surface area contributed by atoms with Gasteiger partial charge in [0.15, 0.2) is 17.2 Å². The molecule has 0 bridgehead atoms. The molecule has 11 heteroatoms. The summed E-state index contributed by atoms with van der Waals surface area (Å²) in [5.41, 5.74) is 0.293. The van der Waals surface area contributed by atoms with Crippen LogP contribution in [0.15, 0.2) is 72.8 Å². The molecule has 1 aromatic heterocycles. The minimum absolute atomic E-state index is 0.118. The van der Waals surface area contributed by atoms with Gasteiger partial charge in [-0.25, -0.2) is 14.3 Å². The summed E-state index contributed by atoms with van der Waals surface area (Å²) in [6, 6.07) is 18.1. The first-order chi connectivity index (χ1) is 18.7. The van der Waals surface area contributed by atoms with E-state index < -0.39 is 23.7 Å². The lowest BCUT2D eigenvalue weighted by atomic mass is 10.0. The summed E-state index contributed by atoms with van der Waals surface area (Å²) in [6.45, 7) is -0.151. The maximum atomic E-state index is 13.1. The monoisotopic (exact) mass is 540 g/mol. The Morgan fingerprint density at radius 2 is 1.56 bits per heavy atom. The smallest absolute Gasteiger partial charge is 0.416 e. The molecule has 0 radical (unpaired) electrons. The van der Waals surface area contributed by atoms with Crippen molar-refractivity contribution in [2.24, 2.45) is 0 Å². The Hall–Kier alpha value is -4.80. The summed E-state index contributed by atoms with van der Waals surface area (Å²) >= 11 is 0. The van der Waals surface area contributed by atoms with Gasteiger partial charge in [-0.05, 0) is 48.0 Å². The molecular formula is C28H23F3N2O6. The zero-order chi connectivity index (χ0) is 28.2. The maximum Gasteiger partial charge on any atom is 0.416 e. The third kappa shape index (κ3) is 5.71. The highest BCUT2D eigenvalue weighted by Crippen LogP contribution is 2.36. The second-order valence-corrected chi connectivity index (χ2v) is 8.16. The van der Waals surface area contributed by atoms with Crippen molar-refractivity contribution in [2.45, 2.75) is 12.8 Å². The lowest BCUT2D eigenvalue weighted by molar-refractivity contribution is -0.137. The maximum absolute atomic E-state index is 13.1. The number of esters is 2. The number of para-hydroxylation sites is 1. The van der Waals surface area contributed by atoms with Crippen molar-refractivity contribution in [1.29, 1.82) is 0 Å². The first-order valence-corrected chi connectivity index (χ1v) is 11.5. The number of methoxy groups -OCH3 is 3. The number of carbonyl (C=O) groups excluding carboxylic acids is 2. The normalized spacial score (nSPS) is 11.1. The molecule has 3 aromatic carbocycles. The third-order valence-electron chi connectivity index (χ3n) is 5.74.